The Balaban J connectivity index is 1.53. The van der Waals surface area contributed by atoms with Gasteiger partial charge < -0.3 is 14.8 Å². The lowest BCUT2D eigenvalue weighted by molar-refractivity contribution is 0.0974. The lowest BCUT2D eigenvalue weighted by Gasteiger charge is -2.15. The molecule has 4 aromatic rings. The first-order chi connectivity index (χ1) is 15.5. The van der Waals surface area contributed by atoms with Crippen LogP contribution >= 0.6 is 23.6 Å². The second kappa shape index (κ2) is 9.33. The summed E-state index contributed by atoms with van der Waals surface area (Å²) in [5.74, 6) is 0.627. The first-order valence-electron chi connectivity index (χ1n) is 9.80. The molecule has 0 aliphatic heterocycles. The standard InChI is InChI=1S/C24H21N3O3S2/c1-14-16(23-25-19-8-4-5-10-21(19)32-23)7-6-9-18(14)26-24(31)27-22(28)17-12-11-15(29-2)13-20(17)30-3/h4-13H,1-3H3,(H2,26,27,28,31). The largest absolute Gasteiger partial charge is 0.497 e. The Kier molecular flexibility index (Phi) is 6.34. The first-order valence-corrected chi connectivity index (χ1v) is 11.0. The number of hydrogen-bond acceptors (Lipinski definition) is 6. The molecule has 1 aromatic heterocycles. The van der Waals surface area contributed by atoms with Gasteiger partial charge in [-0.15, -0.1) is 11.3 Å². The van der Waals surface area contributed by atoms with E-state index in [0.29, 0.717) is 17.1 Å². The molecule has 2 N–H and O–H groups in total. The maximum atomic E-state index is 12.7. The Labute approximate surface area is 195 Å². The van der Waals surface area contributed by atoms with E-state index in [2.05, 4.69) is 16.7 Å². The molecule has 0 saturated heterocycles. The van der Waals surface area contributed by atoms with Crippen LogP contribution in [0, 0.1) is 6.92 Å². The van der Waals surface area contributed by atoms with Crippen LogP contribution in [0.15, 0.2) is 60.7 Å². The number of carbonyl (C=O) groups excluding carboxylic acids is 1. The average Bonchev–Trinajstić information content (AvgIpc) is 3.23. The van der Waals surface area contributed by atoms with Crippen molar-refractivity contribution in [3.63, 3.8) is 0 Å². The Bertz CT molecular complexity index is 1280. The average molecular weight is 464 g/mol. The lowest BCUT2D eigenvalue weighted by atomic mass is 10.1. The molecule has 4 rings (SSSR count). The van der Waals surface area contributed by atoms with Crippen molar-refractivity contribution in [2.24, 2.45) is 0 Å². The van der Waals surface area contributed by atoms with Crippen molar-refractivity contribution < 1.29 is 14.3 Å². The third-order valence-corrected chi connectivity index (χ3v) is 6.26. The number of benzene rings is 3. The van der Waals surface area contributed by atoms with Gasteiger partial charge in [-0.3, -0.25) is 10.1 Å². The number of hydrogen-bond donors (Lipinski definition) is 2. The van der Waals surface area contributed by atoms with Crippen LogP contribution in [0.2, 0.25) is 0 Å². The van der Waals surface area contributed by atoms with Gasteiger partial charge in [-0.05, 0) is 55.0 Å². The van der Waals surface area contributed by atoms with Crippen molar-refractivity contribution in [2.75, 3.05) is 19.5 Å². The summed E-state index contributed by atoms with van der Waals surface area (Å²) < 4.78 is 11.6. The molecule has 6 nitrogen and oxygen atoms in total. The van der Waals surface area contributed by atoms with E-state index in [1.807, 2.05) is 43.3 Å². The molecule has 0 atom stereocenters. The molecule has 0 unspecified atom stereocenters. The summed E-state index contributed by atoms with van der Waals surface area (Å²) >= 11 is 7.03. The highest BCUT2D eigenvalue weighted by Crippen LogP contribution is 2.34. The normalized spacial score (nSPS) is 10.6. The highest BCUT2D eigenvalue weighted by atomic mass is 32.1. The summed E-state index contributed by atoms with van der Waals surface area (Å²) in [6.07, 6.45) is 0. The van der Waals surface area contributed by atoms with Gasteiger partial charge in [0, 0.05) is 17.3 Å². The molecule has 162 valence electrons. The van der Waals surface area contributed by atoms with E-state index in [0.717, 1.165) is 32.0 Å². The summed E-state index contributed by atoms with van der Waals surface area (Å²) in [7, 11) is 3.05. The van der Waals surface area contributed by atoms with E-state index in [-0.39, 0.29) is 11.0 Å². The number of anilines is 1. The van der Waals surface area contributed by atoms with Crippen molar-refractivity contribution in [1.29, 1.82) is 0 Å². The number of ether oxygens (including phenoxy) is 2. The van der Waals surface area contributed by atoms with Gasteiger partial charge >= 0.3 is 0 Å². The van der Waals surface area contributed by atoms with Gasteiger partial charge in [-0.1, -0.05) is 24.3 Å². The number of para-hydroxylation sites is 1. The van der Waals surface area contributed by atoms with Gasteiger partial charge in [0.1, 0.15) is 16.5 Å². The summed E-state index contributed by atoms with van der Waals surface area (Å²) in [6, 6.07) is 18.9. The van der Waals surface area contributed by atoms with Gasteiger partial charge in [0.05, 0.1) is 30.0 Å². The van der Waals surface area contributed by atoms with Crippen molar-refractivity contribution in [2.45, 2.75) is 6.92 Å². The molecule has 0 bridgehead atoms. The highest BCUT2D eigenvalue weighted by Gasteiger charge is 2.16. The third-order valence-electron chi connectivity index (χ3n) is 4.99. The molecule has 3 aromatic carbocycles. The second-order valence-electron chi connectivity index (χ2n) is 6.94. The minimum atomic E-state index is -0.373. The zero-order valence-electron chi connectivity index (χ0n) is 17.8. The molecule has 0 aliphatic rings. The van der Waals surface area contributed by atoms with Gasteiger partial charge in [0.25, 0.3) is 5.91 Å². The fraction of sp³-hybridized carbons (Fsp3) is 0.125. The number of rotatable bonds is 5. The summed E-state index contributed by atoms with van der Waals surface area (Å²) in [5.41, 5.74) is 4.14. The van der Waals surface area contributed by atoms with Crippen LogP contribution in [-0.4, -0.2) is 30.2 Å². The Morgan fingerprint density at radius 2 is 1.84 bits per heavy atom. The Hall–Kier alpha value is -3.49. The van der Waals surface area contributed by atoms with E-state index in [1.165, 1.54) is 7.11 Å². The fourth-order valence-electron chi connectivity index (χ4n) is 3.30. The van der Waals surface area contributed by atoms with E-state index in [9.17, 15) is 4.79 Å². The number of fused-ring (bicyclic) bond motifs is 1. The predicted octanol–water partition coefficient (Wildman–Crippen LogP) is 5.42. The zero-order chi connectivity index (χ0) is 22.7. The number of thiocarbonyl (C=S) groups is 1. The summed E-state index contributed by atoms with van der Waals surface area (Å²) in [5, 5.41) is 6.97. The molecule has 0 saturated carbocycles. The van der Waals surface area contributed by atoms with Crippen LogP contribution in [0.4, 0.5) is 5.69 Å². The monoisotopic (exact) mass is 463 g/mol. The van der Waals surface area contributed by atoms with Crippen molar-refractivity contribution in [3.05, 3.63) is 71.8 Å². The summed E-state index contributed by atoms with van der Waals surface area (Å²) in [6.45, 7) is 2.00. The third kappa shape index (κ3) is 4.42. The van der Waals surface area contributed by atoms with Crippen molar-refractivity contribution in [3.8, 4) is 22.1 Å². The number of aromatic nitrogens is 1. The van der Waals surface area contributed by atoms with Crippen molar-refractivity contribution in [1.82, 2.24) is 10.3 Å². The SMILES string of the molecule is COc1ccc(C(=O)NC(=S)Nc2cccc(-c3nc4ccccc4s3)c2C)c(OC)c1. The van der Waals surface area contributed by atoms with Crippen LogP contribution in [0.3, 0.4) is 0 Å². The summed E-state index contributed by atoms with van der Waals surface area (Å²) in [4.78, 5) is 17.5. The number of carbonyl (C=O) groups is 1. The Morgan fingerprint density at radius 1 is 1.03 bits per heavy atom. The second-order valence-corrected chi connectivity index (χ2v) is 8.38. The highest BCUT2D eigenvalue weighted by molar-refractivity contribution is 7.80. The fourth-order valence-corrected chi connectivity index (χ4v) is 4.55. The minimum absolute atomic E-state index is 0.192. The molecule has 0 aliphatic carbocycles. The van der Waals surface area contributed by atoms with Gasteiger partial charge in [0.15, 0.2) is 5.11 Å². The van der Waals surface area contributed by atoms with E-state index in [1.54, 1.807) is 36.6 Å². The van der Waals surface area contributed by atoms with Crippen molar-refractivity contribution >= 4 is 50.5 Å². The van der Waals surface area contributed by atoms with E-state index < -0.39 is 0 Å². The minimum Gasteiger partial charge on any atom is -0.497 e. The quantitative estimate of drug-likeness (QED) is 0.385. The lowest BCUT2D eigenvalue weighted by Crippen LogP contribution is -2.34. The number of nitrogens with zero attached hydrogens (tertiary/aromatic N) is 1. The van der Waals surface area contributed by atoms with Crippen LogP contribution in [-0.2, 0) is 0 Å². The first kappa shape index (κ1) is 21.7. The topological polar surface area (TPSA) is 72.5 Å². The van der Waals surface area contributed by atoms with Crippen LogP contribution in [0.5, 0.6) is 11.5 Å². The molecule has 1 amide bonds. The molecule has 0 fully saturated rings. The van der Waals surface area contributed by atoms with E-state index >= 15 is 0 Å². The van der Waals surface area contributed by atoms with Gasteiger partial charge in [-0.2, -0.15) is 0 Å². The molecule has 0 radical (unpaired) electrons. The predicted molar refractivity (Wildman–Crippen MR) is 133 cm³/mol. The molecule has 8 heteroatoms. The van der Waals surface area contributed by atoms with Gasteiger partial charge in [-0.25, -0.2) is 4.98 Å². The smallest absolute Gasteiger partial charge is 0.261 e. The number of nitrogens with one attached hydrogen (secondary N) is 2. The zero-order valence-corrected chi connectivity index (χ0v) is 19.4. The molecule has 0 spiro atoms. The van der Waals surface area contributed by atoms with Crippen LogP contribution in [0.25, 0.3) is 20.8 Å². The number of thiazole rings is 1. The molecule has 1 heterocycles. The molecular formula is C24H21N3O3S2. The number of amides is 1. The molecular weight excluding hydrogens is 442 g/mol. The van der Waals surface area contributed by atoms with Gasteiger partial charge in [0.2, 0.25) is 0 Å². The number of methoxy groups -OCH3 is 2. The van der Waals surface area contributed by atoms with Crippen LogP contribution in [0.1, 0.15) is 15.9 Å². The van der Waals surface area contributed by atoms with Crippen LogP contribution < -0.4 is 20.1 Å². The Morgan fingerprint density at radius 3 is 2.59 bits per heavy atom. The molecule has 32 heavy (non-hydrogen) atoms. The maximum absolute atomic E-state index is 12.7. The maximum Gasteiger partial charge on any atom is 0.261 e. The van der Waals surface area contributed by atoms with E-state index in [4.69, 9.17) is 26.7 Å².